The molecule has 4 aromatic carbocycles. The third-order valence-electron chi connectivity index (χ3n) is 7.79. The van der Waals surface area contributed by atoms with Gasteiger partial charge in [-0.05, 0) is 70.5 Å². The molecule has 1 fully saturated rings. The Morgan fingerprint density at radius 2 is 0.500 bits per heavy atom. The maximum absolute atomic E-state index is 6.43. The number of hydrogen-bond acceptors (Lipinski definition) is 2. The molecular weight excluding hydrogens is 588 g/mol. The summed E-state index contributed by atoms with van der Waals surface area (Å²) in [4.78, 5) is 0. The van der Waals surface area contributed by atoms with E-state index < -0.39 is 0 Å². The highest BCUT2D eigenvalue weighted by atomic mass is 31.1. The summed E-state index contributed by atoms with van der Waals surface area (Å²) in [5.41, 5.74) is 0. The fourth-order valence-corrected chi connectivity index (χ4v) is 16.0. The van der Waals surface area contributed by atoms with Crippen LogP contribution in [0.15, 0.2) is 121 Å². The van der Waals surface area contributed by atoms with Gasteiger partial charge in [-0.25, -0.2) is 0 Å². The molecule has 1 heterocycles. The molecule has 0 aliphatic carbocycles. The van der Waals surface area contributed by atoms with Crippen LogP contribution >= 0.6 is 31.7 Å². The molecule has 0 radical (unpaired) electrons. The van der Waals surface area contributed by atoms with Crippen LogP contribution in [0, 0.1) is 0 Å². The van der Waals surface area contributed by atoms with Gasteiger partial charge >= 0.3 is 0 Å². The minimum Gasteiger partial charge on any atom is -0.381 e. The molecule has 0 N–H and O–H groups in total. The maximum atomic E-state index is 6.43. The highest BCUT2D eigenvalue weighted by Crippen LogP contribution is 2.43. The van der Waals surface area contributed by atoms with E-state index in [-0.39, 0.29) is 31.7 Å². The van der Waals surface area contributed by atoms with E-state index in [0.29, 0.717) is 0 Å². The lowest BCUT2D eigenvalue weighted by Gasteiger charge is -2.25. The SMILES string of the molecule is c1ccc(P2CCOCCP(c3ccccc3)CCP(c3ccccc3)CCOCCP(c3ccccc3)CC2)cc1. The Labute approximate surface area is 258 Å². The second-order valence-corrected chi connectivity index (χ2v) is 20.5. The second kappa shape index (κ2) is 18.4. The molecule has 5 rings (SSSR count). The summed E-state index contributed by atoms with van der Waals surface area (Å²) in [6.45, 7) is 3.45. The van der Waals surface area contributed by atoms with Crippen LogP contribution in [-0.4, -0.2) is 75.7 Å². The summed E-state index contributed by atoms with van der Waals surface area (Å²) in [6, 6.07) is 44.9. The van der Waals surface area contributed by atoms with E-state index >= 15 is 0 Å². The van der Waals surface area contributed by atoms with E-state index in [1.54, 1.807) is 0 Å². The van der Waals surface area contributed by atoms with Crippen molar-refractivity contribution in [3.63, 3.8) is 0 Å². The van der Waals surface area contributed by atoms with Gasteiger partial charge < -0.3 is 9.47 Å². The molecule has 42 heavy (non-hydrogen) atoms. The van der Waals surface area contributed by atoms with Crippen LogP contribution in [-0.2, 0) is 9.47 Å². The molecule has 1 aliphatic rings. The molecule has 0 bridgehead atoms. The van der Waals surface area contributed by atoms with E-state index in [1.807, 2.05) is 0 Å². The zero-order valence-corrected chi connectivity index (χ0v) is 28.2. The topological polar surface area (TPSA) is 18.5 Å². The Balaban J connectivity index is 1.31. The Morgan fingerprint density at radius 1 is 0.286 bits per heavy atom. The summed E-state index contributed by atoms with van der Waals surface area (Å²) in [5.74, 6) is 0. The summed E-state index contributed by atoms with van der Waals surface area (Å²) >= 11 is 0. The first-order chi connectivity index (χ1) is 20.9. The van der Waals surface area contributed by atoms with Gasteiger partial charge in [-0.3, -0.25) is 0 Å². The third-order valence-corrected chi connectivity index (χ3v) is 18.5. The first-order valence-electron chi connectivity index (χ1n) is 15.2. The zero-order chi connectivity index (χ0) is 28.7. The average Bonchev–Trinajstić information content (AvgIpc) is 3.06. The molecule has 1 saturated heterocycles. The van der Waals surface area contributed by atoms with Crippen LogP contribution in [0.2, 0.25) is 0 Å². The fourth-order valence-electron chi connectivity index (χ4n) is 5.42. The maximum Gasteiger partial charge on any atom is 0.0508 e. The third kappa shape index (κ3) is 10.3. The normalized spacial score (nSPS) is 23.8. The van der Waals surface area contributed by atoms with Crippen LogP contribution in [0.5, 0.6) is 0 Å². The number of benzene rings is 4. The number of rotatable bonds is 4. The lowest BCUT2D eigenvalue weighted by Crippen LogP contribution is -2.18. The fraction of sp³-hybridized carbons (Fsp3) is 0.333. The molecule has 0 aromatic heterocycles. The Morgan fingerprint density at radius 3 is 0.714 bits per heavy atom. The Bertz CT molecular complexity index is 1060. The second-order valence-electron chi connectivity index (χ2n) is 10.5. The average molecular weight is 633 g/mol. The summed E-state index contributed by atoms with van der Waals surface area (Å²) in [6.07, 6.45) is 9.65. The molecular formula is C36H44O2P4. The van der Waals surface area contributed by atoms with Crippen LogP contribution in [0.1, 0.15) is 0 Å². The highest BCUT2D eigenvalue weighted by molar-refractivity contribution is 7.70. The van der Waals surface area contributed by atoms with Crippen molar-refractivity contribution in [2.45, 2.75) is 0 Å². The molecule has 4 unspecified atom stereocenters. The first-order valence-corrected chi connectivity index (χ1v) is 22.1. The van der Waals surface area contributed by atoms with Crippen molar-refractivity contribution < 1.29 is 9.47 Å². The Kier molecular flexibility index (Phi) is 14.0. The molecule has 0 saturated carbocycles. The van der Waals surface area contributed by atoms with Crippen molar-refractivity contribution in [1.29, 1.82) is 0 Å². The largest absolute Gasteiger partial charge is 0.381 e. The lowest BCUT2D eigenvalue weighted by molar-refractivity contribution is 0.166. The quantitative estimate of drug-likeness (QED) is 0.221. The molecule has 220 valence electrons. The van der Waals surface area contributed by atoms with E-state index in [2.05, 4.69) is 121 Å². The molecule has 6 heteroatoms. The first kappa shape index (κ1) is 31.9. The van der Waals surface area contributed by atoms with Crippen LogP contribution in [0.3, 0.4) is 0 Å². The lowest BCUT2D eigenvalue weighted by atomic mass is 10.4. The van der Waals surface area contributed by atoms with Gasteiger partial charge in [0.1, 0.15) is 0 Å². The van der Waals surface area contributed by atoms with E-state index in [4.69, 9.17) is 9.47 Å². The smallest absolute Gasteiger partial charge is 0.0508 e. The van der Waals surface area contributed by atoms with Crippen molar-refractivity contribution in [2.75, 3.05) is 75.7 Å². The minimum absolute atomic E-state index is 0.242. The molecule has 2 nitrogen and oxygen atoms in total. The van der Waals surface area contributed by atoms with Gasteiger partial charge in [0.25, 0.3) is 0 Å². The predicted octanol–water partition coefficient (Wildman–Crippen LogP) is 7.26. The van der Waals surface area contributed by atoms with E-state index in [0.717, 1.165) is 51.1 Å². The van der Waals surface area contributed by atoms with Gasteiger partial charge in [-0.15, -0.1) is 0 Å². The summed E-state index contributed by atoms with van der Waals surface area (Å²) in [7, 11) is -0.968. The van der Waals surface area contributed by atoms with Crippen LogP contribution < -0.4 is 21.2 Å². The van der Waals surface area contributed by atoms with E-state index in [9.17, 15) is 0 Å². The monoisotopic (exact) mass is 632 g/mol. The number of hydrogen-bond donors (Lipinski definition) is 0. The van der Waals surface area contributed by atoms with Crippen LogP contribution in [0.4, 0.5) is 0 Å². The van der Waals surface area contributed by atoms with E-state index in [1.165, 1.54) is 45.9 Å². The number of ether oxygens (including phenoxy) is 2. The van der Waals surface area contributed by atoms with Crippen LogP contribution in [0.25, 0.3) is 0 Å². The zero-order valence-electron chi connectivity index (χ0n) is 24.6. The van der Waals surface area contributed by atoms with Gasteiger partial charge in [0.15, 0.2) is 0 Å². The van der Waals surface area contributed by atoms with Crippen molar-refractivity contribution in [3.05, 3.63) is 121 Å². The van der Waals surface area contributed by atoms with Gasteiger partial charge in [0, 0.05) is 0 Å². The highest BCUT2D eigenvalue weighted by Gasteiger charge is 2.19. The molecule has 0 spiro atoms. The standard InChI is InChI=1S/C36H44O2P4/c1-5-13-33(14-6-1)39-25-21-37-22-27-41(35-17-9-3-10-18-35)31-32-42(36-19-11-4-12-20-36)28-24-38-23-26-40(30-29-39)34-15-7-2-8-16-34/h1-20H,21-32H2. The van der Waals surface area contributed by atoms with Gasteiger partial charge in [0.2, 0.25) is 0 Å². The van der Waals surface area contributed by atoms with Gasteiger partial charge in [-0.1, -0.05) is 153 Å². The minimum atomic E-state index is -0.242. The summed E-state index contributed by atoms with van der Waals surface area (Å²) < 4.78 is 12.9. The Hall–Kier alpha value is -1.48. The van der Waals surface area contributed by atoms with Crippen molar-refractivity contribution in [2.24, 2.45) is 0 Å². The van der Waals surface area contributed by atoms with Crippen molar-refractivity contribution in [1.82, 2.24) is 0 Å². The van der Waals surface area contributed by atoms with Crippen molar-refractivity contribution in [3.8, 4) is 0 Å². The summed E-state index contributed by atoms with van der Waals surface area (Å²) in [5, 5.41) is 6.08. The molecule has 1 aliphatic heterocycles. The van der Waals surface area contributed by atoms with Gasteiger partial charge in [0.05, 0.1) is 26.4 Å². The van der Waals surface area contributed by atoms with Crippen molar-refractivity contribution >= 4 is 52.9 Å². The molecule has 4 atom stereocenters. The molecule has 4 aromatic rings. The molecule has 0 amide bonds. The van der Waals surface area contributed by atoms with Gasteiger partial charge in [-0.2, -0.15) is 0 Å². The predicted molar refractivity (Wildman–Crippen MR) is 193 cm³/mol.